The number of hydrogen-bond acceptors (Lipinski definition) is 5. The van der Waals surface area contributed by atoms with Gasteiger partial charge in [-0.15, -0.1) is 11.3 Å². The maximum absolute atomic E-state index is 12.6. The second kappa shape index (κ2) is 8.21. The molecule has 0 spiro atoms. The Bertz CT molecular complexity index is 740. The highest BCUT2D eigenvalue weighted by Gasteiger charge is 2.23. The van der Waals surface area contributed by atoms with Crippen LogP contribution in [0.1, 0.15) is 28.1 Å². The Morgan fingerprint density at radius 2 is 2.04 bits per heavy atom. The first-order valence-electron chi connectivity index (χ1n) is 8.09. The molecule has 7 heteroatoms. The molecule has 1 N–H and O–H groups in total. The van der Waals surface area contributed by atoms with Crippen LogP contribution >= 0.6 is 27.3 Å². The largest absolute Gasteiger partial charge is 0.493 e. The molecule has 1 aliphatic heterocycles. The molecule has 0 bridgehead atoms. The Morgan fingerprint density at radius 1 is 1.28 bits per heavy atom. The van der Waals surface area contributed by atoms with E-state index in [4.69, 9.17) is 9.47 Å². The number of halogens is 1. The summed E-state index contributed by atoms with van der Waals surface area (Å²) in [5, 5.41) is 9.58. The fourth-order valence-electron chi connectivity index (χ4n) is 2.75. The molecular weight excluding hydrogens is 406 g/mol. The molecule has 134 valence electrons. The minimum Gasteiger partial charge on any atom is -0.493 e. The summed E-state index contributed by atoms with van der Waals surface area (Å²) in [4.78, 5) is 15.5. The number of likely N-dealkylation sites (tertiary alicyclic amines) is 1. The maximum atomic E-state index is 12.6. The first-order chi connectivity index (χ1) is 12.1. The topological polar surface area (TPSA) is 59.0 Å². The number of amides is 1. The van der Waals surface area contributed by atoms with Crippen LogP contribution in [0.5, 0.6) is 11.5 Å². The molecule has 5 nitrogen and oxygen atoms in total. The molecule has 0 unspecified atom stereocenters. The number of rotatable bonds is 5. The smallest absolute Gasteiger partial charge is 0.253 e. The van der Waals surface area contributed by atoms with Crippen LogP contribution in [0.3, 0.4) is 0 Å². The maximum Gasteiger partial charge on any atom is 0.253 e. The van der Waals surface area contributed by atoms with Crippen molar-refractivity contribution in [3.8, 4) is 11.5 Å². The monoisotopic (exact) mass is 425 g/mol. The van der Waals surface area contributed by atoms with Gasteiger partial charge in [0.15, 0.2) is 11.5 Å². The number of thiophene rings is 1. The van der Waals surface area contributed by atoms with Crippen molar-refractivity contribution in [1.82, 2.24) is 4.90 Å². The van der Waals surface area contributed by atoms with Gasteiger partial charge in [-0.05, 0) is 59.1 Å². The van der Waals surface area contributed by atoms with Crippen LogP contribution in [0.2, 0.25) is 0 Å². The lowest BCUT2D eigenvalue weighted by molar-refractivity contribution is 0.0546. The van der Waals surface area contributed by atoms with Crippen molar-refractivity contribution in [1.29, 1.82) is 0 Å². The zero-order valence-corrected chi connectivity index (χ0v) is 16.3. The van der Waals surface area contributed by atoms with Crippen molar-refractivity contribution in [2.45, 2.75) is 25.6 Å². The van der Waals surface area contributed by atoms with Gasteiger partial charge in [0.1, 0.15) is 6.61 Å². The number of carbonyl (C=O) groups is 1. The number of aliphatic hydroxyl groups excluding tert-OH is 1. The number of nitrogens with zero attached hydrogens (tertiary/aromatic N) is 1. The average Bonchev–Trinajstić information content (AvgIpc) is 3.05. The molecule has 1 aromatic carbocycles. The van der Waals surface area contributed by atoms with E-state index in [9.17, 15) is 9.90 Å². The molecule has 2 heterocycles. The third kappa shape index (κ3) is 4.54. The van der Waals surface area contributed by atoms with Crippen molar-refractivity contribution in [3.05, 3.63) is 44.6 Å². The van der Waals surface area contributed by atoms with Gasteiger partial charge in [0.2, 0.25) is 0 Å². The standard InChI is InChI=1S/C18H20BrNO4S/c1-23-16-10-12(18(22)20-8-6-13(21)7-9-20)2-4-15(16)24-11-14-3-5-17(19)25-14/h2-5,10,13,21H,6-9,11H2,1H3. The fraction of sp³-hybridized carbons (Fsp3) is 0.389. The van der Waals surface area contributed by atoms with Gasteiger partial charge in [0.25, 0.3) is 5.91 Å². The third-order valence-electron chi connectivity index (χ3n) is 4.16. The van der Waals surface area contributed by atoms with Crippen LogP contribution in [-0.4, -0.2) is 42.2 Å². The zero-order chi connectivity index (χ0) is 17.8. The van der Waals surface area contributed by atoms with E-state index >= 15 is 0 Å². The van der Waals surface area contributed by atoms with Crippen molar-refractivity contribution < 1.29 is 19.4 Å². The van der Waals surface area contributed by atoms with E-state index in [2.05, 4.69) is 15.9 Å². The Balaban J connectivity index is 1.69. The summed E-state index contributed by atoms with van der Waals surface area (Å²) in [6.45, 7) is 1.60. The fourth-order valence-corrected chi connectivity index (χ4v) is 4.15. The van der Waals surface area contributed by atoms with Crippen LogP contribution in [-0.2, 0) is 6.61 Å². The number of carbonyl (C=O) groups excluding carboxylic acids is 1. The molecule has 2 aromatic rings. The van der Waals surface area contributed by atoms with Crippen molar-refractivity contribution in [2.24, 2.45) is 0 Å². The van der Waals surface area contributed by atoms with E-state index in [1.807, 2.05) is 12.1 Å². The summed E-state index contributed by atoms with van der Waals surface area (Å²) in [6, 6.07) is 9.23. The first kappa shape index (κ1) is 18.2. The zero-order valence-electron chi connectivity index (χ0n) is 13.9. The molecule has 0 radical (unpaired) electrons. The van der Waals surface area contributed by atoms with E-state index in [0.717, 1.165) is 8.66 Å². The average molecular weight is 426 g/mol. The molecule has 1 aliphatic rings. The molecule has 0 saturated carbocycles. The molecule has 1 amide bonds. The first-order valence-corrected chi connectivity index (χ1v) is 9.70. The van der Waals surface area contributed by atoms with Gasteiger partial charge in [0, 0.05) is 23.5 Å². The van der Waals surface area contributed by atoms with E-state index in [-0.39, 0.29) is 12.0 Å². The highest BCUT2D eigenvalue weighted by molar-refractivity contribution is 9.11. The normalized spacial score (nSPS) is 15.2. The van der Waals surface area contributed by atoms with Crippen LogP contribution in [0.4, 0.5) is 0 Å². The summed E-state index contributed by atoms with van der Waals surface area (Å²) in [7, 11) is 1.56. The molecule has 1 aromatic heterocycles. The highest BCUT2D eigenvalue weighted by atomic mass is 79.9. The van der Waals surface area contributed by atoms with Gasteiger partial charge in [0.05, 0.1) is 17.0 Å². The molecule has 1 fully saturated rings. The number of methoxy groups -OCH3 is 1. The molecule has 3 rings (SSSR count). The lowest BCUT2D eigenvalue weighted by Crippen LogP contribution is -2.40. The Hall–Kier alpha value is -1.57. The van der Waals surface area contributed by atoms with Crippen molar-refractivity contribution in [3.63, 3.8) is 0 Å². The second-order valence-electron chi connectivity index (χ2n) is 5.88. The van der Waals surface area contributed by atoms with Gasteiger partial charge in [-0.1, -0.05) is 0 Å². The van der Waals surface area contributed by atoms with E-state index < -0.39 is 0 Å². The second-order valence-corrected chi connectivity index (χ2v) is 8.43. The number of benzene rings is 1. The number of ether oxygens (including phenoxy) is 2. The summed E-state index contributed by atoms with van der Waals surface area (Å²) < 4.78 is 12.3. The molecule has 0 atom stereocenters. The number of hydrogen-bond donors (Lipinski definition) is 1. The number of piperidine rings is 1. The third-order valence-corrected chi connectivity index (χ3v) is 5.76. The van der Waals surface area contributed by atoms with Crippen LogP contribution in [0, 0.1) is 0 Å². The van der Waals surface area contributed by atoms with Gasteiger partial charge in [-0.25, -0.2) is 0 Å². The SMILES string of the molecule is COc1cc(C(=O)N2CCC(O)CC2)ccc1OCc1ccc(Br)s1. The van der Waals surface area contributed by atoms with Crippen LogP contribution < -0.4 is 9.47 Å². The van der Waals surface area contributed by atoms with Gasteiger partial charge in [-0.3, -0.25) is 4.79 Å². The molecular formula is C18H20BrNO4S. The Kier molecular flexibility index (Phi) is 5.98. The Morgan fingerprint density at radius 3 is 2.68 bits per heavy atom. The van der Waals surface area contributed by atoms with E-state index in [0.29, 0.717) is 49.6 Å². The summed E-state index contributed by atoms with van der Waals surface area (Å²) in [6.07, 6.45) is 0.951. The van der Waals surface area contributed by atoms with Crippen LogP contribution in [0.25, 0.3) is 0 Å². The quantitative estimate of drug-likeness (QED) is 0.793. The Labute approximate surface area is 159 Å². The van der Waals surface area contributed by atoms with Gasteiger partial charge in [-0.2, -0.15) is 0 Å². The highest BCUT2D eigenvalue weighted by Crippen LogP contribution is 2.31. The van der Waals surface area contributed by atoms with Crippen molar-refractivity contribution >= 4 is 33.2 Å². The van der Waals surface area contributed by atoms with E-state index in [1.165, 1.54) is 0 Å². The summed E-state index contributed by atoms with van der Waals surface area (Å²) in [5.74, 6) is 1.11. The summed E-state index contributed by atoms with van der Waals surface area (Å²) >= 11 is 5.05. The lowest BCUT2D eigenvalue weighted by atomic mass is 10.1. The predicted molar refractivity (Wildman–Crippen MR) is 100 cm³/mol. The minimum absolute atomic E-state index is 0.0427. The van der Waals surface area contributed by atoms with Gasteiger partial charge < -0.3 is 19.5 Å². The number of aliphatic hydroxyl groups is 1. The van der Waals surface area contributed by atoms with Crippen molar-refractivity contribution in [2.75, 3.05) is 20.2 Å². The molecule has 1 saturated heterocycles. The predicted octanol–water partition coefficient (Wildman–Crippen LogP) is 3.70. The van der Waals surface area contributed by atoms with Gasteiger partial charge >= 0.3 is 0 Å². The van der Waals surface area contributed by atoms with E-state index in [1.54, 1.807) is 41.5 Å². The summed E-state index contributed by atoms with van der Waals surface area (Å²) in [5.41, 5.74) is 0.569. The lowest BCUT2D eigenvalue weighted by Gasteiger charge is -2.29. The minimum atomic E-state index is -0.299. The van der Waals surface area contributed by atoms with Crippen LogP contribution in [0.15, 0.2) is 34.1 Å². The molecule has 25 heavy (non-hydrogen) atoms. The molecule has 0 aliphatic carbocycles.